The number of carbonyl (C=O) groups is 3. The van der Waals surface area contributed by atoms with Gasteiger partial charge in [-0.2, -0.15) is 0 Å². The number of methoxy groups -OCH3 is 1. The highest BCUT2D eigenvalue weighted by Crippen LogP contribution is 2.29. The Morgan fingerprint density at radius 1 is 0.969 bits per heavy atom. The molecule has 0 fully saturated rings. The zero-order valence-corrected chi connectivity index (χ0v) is 18.0. The molecule has 0 saturated carbocycles. The summed E-state index contributed by atoms with van der Waals surface area (Å²) in [4.78, 5) is 47.2. The molecule has 0 unspecified atom stereocenters. The quantitative estimate of drug-likeness (QED) is 0.358. The number of non-ortho nitro benzene ring substituents is 1. The summed E-state index contributed by atoms with van der Waals surface area (Å²) >= 11 is 0. The van der Waals surface area contributed by atoms with Crippen LogP contribution in [0.1, 0.15) is 51.8 Å². The summed E-state index contributed by atoms with van der Waals surface area (Å²) in [5.41, 5.74) is 3.70. The Kier molecular flexibility index (Phi) is 8.11. The smallest absolute Gasteiger partial charge is 0.338 e. The van der Waals surface area contributed by atoms with E-state index in [2.05, 4.69) is 10.9 Å². The maximum absolute atomic E-state index is 12.4. The molecule has 11 heteroatoms. The lowest BCUT2D eigenvalue weighted by molar-refractivity contribution is -0.384. The van der Waals surface area contributed by atoms with Crippen molar-refractivity contribution in [3.8, 4) is 11.5 Å². The Bertz CT molecular complexity index is 1040. The lowest BCUT2D eigenvalue weighted by Gasteiger charge is -2.14. The first-order valence-electron chi connectivity index (χ1n) is 9.58. The highest BCUT2D eigenvalue weighted by atomic mass is 16.6. The fourth-order valence-electron chi connectivity index (χ4n) is 2.60. The maximum atomic E-state index is 12.4. The molecule has 32 heavy (non-hydrogen) atoms. The first-order chi connectivity index (χ1) is 15.2. The number of benzene rings is 2. The number of nitro groups is 1. The third-order valence-corrected chi connectivity index (χ3v) is 3.98. The molecular weight excluding hydrogens is 422 g/mol. The minimum absolute atomic E-state index is 0.0591. The summed E-state index contributed by atoms with van der Waals surface area (Å²) in [5, 5.41) is 11.1. The van der Waals surface area contributed by atoms with Crippen LogP contribution in [-0.4, -0.2) is 42.5 Å². The van der Waals surface area contributed by atoms with Gasteiger partial charge in [-0.15, -0.1) is 0 Å². The van der Waals surface area contributed by atoms with Crippen molar-refractivity contribution in [2.75, 3.05) is 13.7 Å². The topological polar surface area (TPSA) is 146 Å². The number of ether oxygens (including phenoxy) is 3. The van der Waals surface area contributed by atoms with Crippen LogP contribution in [0.5, 0.6) is 11.5 Å². The molecule has 0 aromatic heterocycles. The molecule has 2 aromatic rings. The van der Waals surface area contributed by atoms with Gasteiger partial charge in [-0.05, 0) is 45.0 Å². The van der Waals surface area contributed by atoms with Crippen LogP contribution in [-0.2, 0) is 4.74 Å². The summed E-state index contributed by atoms with van der Waals surface area (Å²) < 4.78 is 15.6. The van der Waals surface area contributed by atoms with E-state index in [0.29, 0.717) is 11.5 Å². The SMILES string of the molecule is CCOC(=O)c1cc(C(=O)NNC(=O)c2ccc(OC(C)C)c(OC)c2)cc([N+](=O)[O-])c1. The predicted molar refractivity (Wildman–Crippen MR) is 113 cm³/mol. The Hall–Kier alpha value is -4.15. The van der Waals surface area contributed by atoms with Crippen molar-refractivity contribution in [1.82, 2.24) is 10.9 Å². The van der Waals surface area contributed by atoms with Crippen LogP contribution in [0.25, 0.3) is 0 Å². The molecule has 0 spiro atoms. The summed E-state index contributed by atoms with van der Waals surface area (Å²) in [5.74, 6) is -1.56. The van der Waals surface area contributed by atoms with Gasteiger partial charge in [-0.1, -0.05) is 0 Å². The Labute approximate surface area is 183 Å². The highest BCUT2D eigenvalue weighted by molar-refractivity contribution is 6.01. The van der Waals surface area contributed by atoms with E-state index in [4.69, 9.17) is 14.2 Å². The minimum Gasteiger partial charge on any atom is -0.493 e. The van der Waals surface area contributed by atoms with Crippen molar-refractivity contribution in [3.63, 3.8) is 0 Å². The lowest BCUT2D eigenvalue weighted by Crippen LogP contribution is -2.41. The fourth-order valence-corrected chi connectivity index (χ4v) is 2.60. The minimum atomic E-state index is -0.862. The summed E-state index contributed by atoms with van der Waals surface area (Å²) in [6, 6.07) is 7.58. The third kappa shape index (κ3) is 6.17. The molecule has 2 rings (SSSR count). The largest absolute Gasteiger partial charge is 0.493 e. The number of hydrogen-bond acceptors (Lipinski definition) is 8. The molecule has 2 aromatic carbocycles. The van der Waals surface area contributed by atoms with Gasteiger partial charge in [0.1, 0.15) is 0 Å². The van der Waals surface area contributed by atoms with E-state index in [1.54, 1.807) is 13.0 Å². The van der Waals surface area contributed by atoms with Gasteiger partial charge >= 0.3 is 5.97 Å². The summed E-state index contributed by atoms with van der Waals surface area (Å²) in [6.45, 7) is 5.33. The Morgan fingerprint density at radius 2 is 1.59 bits per heavy atom. The number of hydrazine groups is 1. The molecule has 0 bridgehead atoms. The van der Waals surface area contributed by atoms with E-state index in [1.807, 2.05) is 13.8 Å². The number of nitrogens with one attached hydrogen (secondary N) is 2. The van der Waals surface area contributed by atoms with Gasteiger partial charge in [0.15, 0.2) is 11.5 Å². The molecule has 2 N–H and O–H groups in total. The van der Waals surface area contributed by atoms with Crippen molar-refractivity contribution in [2.45, 2.75) is 26.9 Å². The van der Waals surface area contributed by atoms with Crippen molar-refractivity contribution >= 4 is 23.5 Å². The number of rotatable bonds is 8. The third-order valence-electron chi connectivity index (χ3n) is 3.98. The molecular formula is C21H23N3O8. The molecule has 0 saturated heterocycles. The van der Waals surface area contributed by atoms with Crippen LogP contribution >= 0.6 is 0 Å². The van der Waals surface area contributed by atoms with E-state index in [9.17, 15) is 24.5 Å². The summed E-state index contributed by atoms with van der Waals surface area (Å²) in [7, 11) is 1.43. The van der Waals surface area contributed by atoms with Gasteiger partial charge in [0.2, 0.25) is 0 Å². The van der Waals surface area contributed by atoms with E-state index in [0.717, 1.165) is 18.2 Å². The second-order valence-electron chi connectivity index (χ2n) is 6.69. The van der Waals surface area contributed by atoms with E-state index < -0.39 is 28.4 Å². The van der Waals surface area contributed by atoms with Crippen LogP contribution in [0.15, 0.2) is 36.4 Å². The highest BCUT2D eigenvalue weighted by Gasteiger charge is 2.19. The van der Waals surface area contributed by atoms with Gasteiger partial charge in [-0.25, -0.2) is 4.79 Å². The van der Waals surface area contributed by atoms with Crippen molar-refractivity contribution < 1.29 is 33.5 Å². The van der Waals surface area contributed by atoms with Crippen molar-refractivity contribution in [3.05, 3.63) is 63.2 Å². The second kappa shape index (κ2) is 10.8. The van der Waals surface area contributed by atoms with Crippen molar-refractivity contribution in [2.24, 2.45) is 0 Å². The summed E-state index contributed by atoms with van der Waals surface area (Å²) in [6.07, 6.45) is -0.0997. The van der Waals surface area contributed by atoms with E-state index in [-0.39, 0.29) is 29.4 Å². The van der Waals surface area contributed by atoms with Crippen molar-refractivity contribution in [1.29, 1.82) is 0 Å². The van der Waals surface area contributed by atoms with Crippen LogP contribution < -0.4 is 20.3 Å². The first kappa shape index (κ1) is 24.1. The fraction of sp³-hybridized carbons (Fsp3) is 0.286. The second-order valence-corrected chi connectivity index (χ2v) is 6.69. The standard InChI is InChI=1S/C21H23N3O8/c1-5-31-21(27)15-8-14(9-16(10-15)24(28)29)20(26)23-22-19(25)13-6-7-17(32-12(2)3)18(11-13)30-4/h6-12H,5H2,1-4H3,(H,22,25)(H,23,26). The molecule has 0 heterocycles. The molecule has 0 aliphatic rings. The molecule has 0 aliphatic heterocycles. The van der Waals surface area contributed by atoms with Gasteiger partial charge in [0, 0.05) is 23.3 Å². The maximum Gasteiger partial charge on any atom is 0.338 e. The number of nitro benzene ring substituents is 1. The number of carbonyl (C=O) groups excluding carboxylic acids is 3. The number of esters is 1. The van der Waals surface area contributed by atoms with Crippen LogP contribution in [0, 0.1) is 10.1 Å². The van der Waals surface area contributed by atoms with Gasteiger partial charge in [0.05, 0.1) is 30.3 Å². The lowest BCUT2D eigenvalue weighted by atomic mass is 10.1. The van der Waals surface area contributed by atoms with Crippen LogP contribution in [0.3, 0.4) is 0 Å². The molecule has 0 aliphatic carbocycles. The Balaban J connectivity index is 2.17. The molecule has 2 amide bonds. The number of amides is 2. The average molecular weight is 445 g/mol. The number of nitrogens with zero attached hydrogens (tertiary/aromatic N) is 1. The van der Waals surface area contributed by atoms with E-state index in [1.165, 1.54) is 19.2 Å². The Morgan fingerprint density at radius 3 is 2.16 bits per heavy atom. The van der Waals surface area contributed by atoms with Gasteiger partial charge in [-0.3, -0.25) is 30.6 Å². The van der Waals surface area contributed by atoms with E-state index >= 15 is 0 Å². The monoisotopic (exact) mass is 445 g/mol. The van der Waals surface area contributed by atoms with Gasteiger partial charge in [0.25, 0.3) is 17.5 Å². The molecule has 11 nitrogen and oxygen atoms in total. The van der Waals surface area contributed by atoms with Crippen LogP contribution in [0.2, 0.25) is 0 Å². The molecule has 0 radical (unpaired) electrons. The zero-order chi connectivity index (χ0) is 23.8. The average Bonchev–Trinajstić information content (AvgIpc) is 2.76. The predicted octanol–water partition coefficient (Wildman–Crippen LogP) is 2.64. The van der Waals surface area contributed by atoms with Crippen LogP contribution in [0.4, 0.5) is 5.69 Å². The molecule has 0 atom stereocenters. The van der Waals surface area contributed by atoms with Gasteiger partial charge < -0.3 is 14.2 Å². The molecule has 170 valence electrons. The first-order valence-corrected chi connectivity index (χ1v) is 9.58. The number of hydrogen-bond donors (Lipinski definition) is 2. The normalized spacial score (nSPS) is 10.3. The zero-order valence-electron chi connectivity index (χ0n) is 18.0.